The summed E-state index contributed by atoms with van der Waals surface area (Å²) in [5, 5.41) is 0. The molecule has 0 saturated carbocycles. The van der Waals surface area contributed by atoms with Crippen LogP contribution in [0.3, 0.4) is 0 Å². The number of methoxy groups -OCH3 is 3. The number of ether oxygens (including phenoxy) is 4. The molecular weight excluding hydrogens is 725 g/mol. The molecule has 0 N–H and O–H groups in total. The summed E-state index contributed by atoms with van der Waals surface area (Å²) in [6.45, 7) is 11.0. The van der Waals surface area contributed by atoms with Crippen LogP contribution in [0.4, 0.5) is 0 Å². The van der Waals surface area contributed by atoms with Gasteiger partial charge in [0.15, 0.2) is 0 Å². The number of carbonyl (C=O) groups excluding carboxylic acids is 4. The molecule has 0 spiro atoms. The van der Waals surface area contributed by atoms with Gasteiger partial charge in [-0.1, -0.05) is 64.7 Å². The highest BCUT2D eigenvalue weighted by Gasteiger charge is 2.56. The van der Waals surface area contributed by atoms with Gasteiger partial charge < -0.3 is 35.4 Å². The SMILES string of the molecule is CCCCCCCCOC(=O)CCCC[Si]1(C)O[Si](C)(CCCCC(=O)OC)O[Si](C)(CCCCC(=O)OC)O[Si](C)(CCCCC(=O)OC)O1. The van der Waals surface area contributed by atoms with E-state index in [4.69, 9.17) is 35.4 Å². The zero-order chi connectivity index (χ0) is 38.2. The quantitative estimate of drug-likeness (QED) is 0.0341. The maximum absolute atomic E-state index is 12.5. The molecule has 1 aliphatic rings. The van der Waals surface area contributed by atoms with Crippen LogP contribution >= 0.6 is 0 Å². The third-order valence-corrected chi connectivity index (χ3v) is 28.1. The Hall–Kier alpha value is -1.41. The lowest BCUT2D eigenvalue weighted by Crippen LogP contribution is -2.67. The largest absolute Gasteiger partial charge is 0.469 e. The minimum atomic E-state index is -2.91. The first-order valence-electron chi connectivity index (χ1n) is 19.3. The smallest absolute Gasteiger partial charge is 0.317 e. The van der Waals surface area contributed by atoms with Crippen molar-refractivity contribution in [3.05, 3.63) is 0 Å². The monoisotopic (exact) mass is 794 g/mol. The second-order valence-corrected chi connectivity index (χ2v) is 28.8. The van der Waals surface area contributed by atoms with Crippen LogP contribution in [-0.2, 0) is 54.6 Å². The Balaban J connectivity index is 3.11. The summed E-state index contributed by atoms with van der Waals surface area (Å²) in [7, 11) is -7.41. The van der Waals surface area contributed by atoms with Crippen molar-refractivity contribution in [2.24, 2.45) is 0 Å². The van der Waals surface area contributed by atoms with Gasteiger partial charge in [-0.2, -0.15) is 0 Å². The van der Waals surface area contributed by atoms with E-state index in [0.29, 0.717) is 82.1 Å². The summed E-state index contributed by atoms with van der Waals surface area (Å²) in [5.74, 6) is -0.881. The lowest BCUT2D eigenvalue weighted by atomic mass is 10.1. The van der Waals surface area contributed by atoms with E-state index in [1.807, 2.05) is 0 Å². The van der Waals surface area contributed by atoms with Crippen molar-refractivity contribution in [1.29, 1.82) is 0 Å². The molecule has 2 unspecified atom stereocenters. The summed E-state index contributed by atoms with van der Waals surface area (Å²) >= 11 is 0. The molecule has 1 aliphatic heterocycles. The topological polar surface area (TPSA) is 142 Å². The van der Waals surface area contributed by atoms with E-state index in [2.05, 4.69) is 33.1 Å². The molecule has 0 aliphatic carbocycles. The molecule has 1 fully saturated rings. The van der Waals surface area contributed by atoms with E-state index < -0.39 is 34.2 Å². The maximum Gasteiger partial charge on any atom is 0.317 e. The Kier molecular flexibility index (Phi) is 23.9. The predicted octanol–water partition coefficient (Wildman–Crippen LogP) is 8.46. The molecule has 0 aromatic rings. The van der Waals surface area contributed by atoms with Gasteiger partial charge in [-0.25, -0.2) is 0 Å². The highest BCUT2D eigenvalue weighted by atomic mass is 28.5. The van der Waals surface area contributed by atoms with Gasteiger partial charge in [0.05, 0.1) is 27.9 Å². The zero-order valence-electron chi connectivity index (χ0n) is 33.2. The van der Waals surface area contributed by atoms with Gasteiger partial charge in [-0.15, -0.1) is 0 Å². The number of hydrogen-bond acceptors (Lipinski definition) is 12. The van der Waals surface area contributed by atoms with Gasteiger partial charge in [0.2, 0.25) is 0 Å². The molecule has 1 saturated heterocycles. The van der Waals surface area contributed by atoms with Gasteiger partial charge in [0.1, 0.15) is 0 Å². The molecule has 0 radical (unpaired) electrons. The van der Waals surface area contributed by atoms with Crippen molar-refractivity contribution in [3.8, 4) is 0 Å². The highest BCUT2D eigenvalue weighted by molar-refractivity contribution is 6.93. The zero-order valence-corrected chi connectivity index (χ0v) is 37.2. The van der Waals surface area contributed by atoms with E-state index in [1.54, 1.807) is 0 Å². The van der Waals surface area contributed by atoms with Crippen molar-refractivity contribution in [1.82, 2.24) is 0 Å². The van der Waals surface area contributed by atoms with Crippen LogP contribution in [0.25, 0.3) is 0 Å². The van der Waals surface area contributed by atoms with Crippen molar-refractivity contribution in [2.45, 2.75) is 173 Å². The van der Waals surface area contributed by atoms with Crippen LogP contribution in [0.2, 0.25) is 50.4 Å². The van der Waals surface area contributed by atoms with Gasteiger partial charge >= 0.3 is 58.1 Å². The summed E-state index contributed by atoms with van der Waals surface area (Å²) in [5.41, 5.74) is 0. The van der Waals surface area contributed by atoms with Gasteiger partial charge in [-0.05, 0) is 82.5 Å². The highest BCUT2D eigenvalue weighted by Crippen LogP contribution is 2.39. The Labute approximate surface area is 312 Å². The third-order valence-electron chi connectivity index (χ3n) is 9.22. The van der Waals surface area contributed by atoms with Gasteiger partial charge in [-0.3, -0.25) is 19.2 Å². The Morgan fingerprint density at radius 2 is 0.706 bits per heavy atom. The number of carbonyl (C=O) groups is 4. The van der Waals surface area contributed by atoms with Crippen LogP contribution in [0.1, 0.15) is 122 Å². The Morgan fingerprint density at radius 3 is 1.02 bits per heavy atom. The summed E-state index contributed by atoms with van der Waals surface area (Å²) in [6.07, 6.45) is 13.8. The Morgan fingerprint density at radius 1 is 0.412 bits per heavy atom. The number of rotatable bonds is 27. The van der Waals surface area contributed by atoms with Crippen molar-refractivity contribution >= 4 is 58.1 Å². The first-order valence-corrected chi connectivity index (χ1v) is 29.4. The molecule has 51 heavy (non-hydrogen) atoms. The van der Waals surface area contributed by atoms with E-state index >= 15 is 0 Å². The molecule has 1 rings (SSSR count). The first-order chi connectivity index (χ1) is 24.1. The van der Waals surface area contributed by atoms with Crippen LogP contribution in [0.15, 0.2) is 0 Å². The standard InChI is InChI=1S/C35H70O12Si4/c1-9-10-11-12-13-18-27-43-35(39)26-17-22-31-51(8)46-49(6,29-20-15-24-33(37)41-3)44-48(5,28-19-14-23-32(36)40-2)45-50(7,47-51)30-21-16-25-34(38)42-4/h9-31H2,1-8H3. The Bertz CT molecular complexity index is 993. The summed E-state index contributed by atoms with van der Waals surface area (Å²) in [4.78, 5) is 48.0. The molecule has 1 heterocycles. The lowest BCUT2D eigenvalue weighted by molar-refractivity contribution is -0.144. The molecule has 0 bridgehead atoms. The van der Waals surface area contributed by atoms with E-state index in [-0.39, 0.29) is 23.9 Å². The van der Waals surface area contributed by atoms with Crippen LogP contribution in [0, 0.1) is 0 Å². The fraction of sp³-hybridized carbons (Fsp3) is 0.886. The van der Waals surface area contributed by atoms with Crippen molar-refractivity contribution in [3.63, 3.8) is 0 Å². The average Bonchev–Trinajstić information content (AvgIpc) is 3.07. The molecule has 16 heteroatoms. The van der Waals surface area contributed by atoms with Crippen LogP contribution in [-0.4, -0.2) is 86.1 Å². The molecule has 0 aromatic heterocycles. The normalized spacial score (nSPS) is 25.0. The minimum absolute atomic E-state index is 0.162. The lowest BCUT2D eigenvalue weighted by Gasteiger charge is -2.50. The second-order valence-electron chi connectivity index (χ2n) is 14.5. The fourth-order valence-corrected chi connectivity index (χ4v) is 30.2. The fourth-order valence-electron chi connectivity index (χ4n) is 6.63. The number of unbranched alkanes of at least 4 members (excludes halogenated alkanes) is 9. The van der Waals surface area contributed by atoms with E-state index in [0.717, 1.165) is 38.5 Å². The van der Waals surface area contributed by atoms with Crippen molar-refractivity contribution < 1.29 is 54.6 Å². The molecule has 298 valence electrons. The minimum Gasteiger partial charge on any atom is -0.469 e. The van der Waals surface area contributed by atoms with Crippen LogP contribution in [0.5, 0.6) is 0 Å². The van der Waals surface area contributed by atoms with Crippen molar-refractivity contribution in [2.75, 3.05) is 27.9 Å². The molecular formula is C35H70O12Si4. The maximum atomic E-state index is 12.5. The molecule has 12 nitrogen and oxygen atoms in total. The predicted molar refractivity (Wildman–Crippen MR) is 206 cm³/mol. The average molecular weight is 795 g/mol. The first kappa shape index (κ1) is 47.6. The van der Waals surface area contributed by atoms with Gasteiger partial charge in [0, 0.05) is 25.7 Å². The van der Waals surface area contributed by atoms with E-state index in [1.165, 1.54) is 47.0 Å². The molecule has 0 aromatic carbocycles. The number of hydrogen-bond donors (Lipinski definition) is 0. The summed E-state index contributed by atoms with van der Waals surface area (Å²) in [6, 6.07) is 2.70. The number of esters is 4. The molecule has 2 atom stereocenters. The summed E-state index contributed by atoms with van der Waals surface area (Å²) < 4.78 is 48.7. The van der Waals surface area contributed by atoms with Crippen LogP contribution < -0.4 is 0 Å². The molecule has 0 amide bonds. The van der Waals surface area contributed by atoms with E-state index in [9.17, 15) is 19.2 Å². The van der Waals surface area contributed by atoms with Gasteiger partial charge in [0.25, 0.3) is 0 Å². The third kappa shape index (κ3) is 21.8. The second kappa shape index (κ2) is 25.6.